The lowest BCUT2D eigenvalue weighted by Gasteiger charge is -2.10. The van der Waals surface area contributed by atoms with Crippen LogP contribution in [0.2, 0.25) is 0 Å². The van der Waals surface area contributed by atoms with Gasteiger partial charge in [-0.05, 0) is 12.5 Å². The van der Waals surface area contributed by atoms with E-state index in [1.165, 1.54) is 0 Å². The first-order chi connectivity index (χ1) is 4.39. The number of hydrogen-bond acceptors (Lipinski definition) is 3. The van der Waals surface area contributed by atoms with Crippen molar-refractivity contribution >= 4 is 0 Å². The molecule has 0 fully saturated rings. The van der Waals surface area contributed by atoms with E-state index in [0.717, 1.165) is 13.5 Å². The van der Waals surface area contributed by atoms with Gasteiger partial charge in [0.15, 0.2) is 0 Å². The van der Waals surface area contributed by atoms with Gasteiger partial charge in [0.2, 0.25) is 0 Å². The molecule has 0 aromatic rings. The summed E-state index contributed by atoms with van der Waals surface area (Å²) >= 11 is 0. The van der Waals surface area contributed by atoms with E-state index in [4.69, 9.17) is 14.9 Å². The van der Waals surface area contributed by atoms with E-state index in [1.54, 1.807) is 6.26 Å². The standard InChI is InChI=1S/C5H8O2.CH4O/c6-5-2-1-3-7-4-5;1-2/h1,3,5-6H,2,4H2;2H,1H3. The minimum absolute atomic E-state index is 0.273. The van der Waals surface area contributed by atoms with Crippen molar-refractivity contribution in [1.82, 2.24) is 0 Å². The van der Waals surface area contributed by atoms with Gasteiger partial charge >= 0.3 is 0 Å². The summed E-state index contributed by atoms with van der Waals surface area (Å²) in [6.07, 6.45) is 3.89. The van der Waals surface area contributed by atoms with Gasteiger partial charge < -0.3 is 14.9 Å². The molecule has 0 radical (unpaired) electrons. The Hall–Kier alpha value is -0.540. The van der Waals surface area contributed by atoms with Gasteiger partial charge in [-0.1, -0.05) is 0 Å². The fraction of sp³-hybridized carbons (Fsp3) is 0.667. The van der Waals surface area contributed by atoms with Gasteiger partial charge in [-0.25, -0.2) is 0 Å². The number of hydrogen-bond donors (Lipinski definition) is 2. The van der Waals surface area contributed by atoms with E-state index in [2.05, 4.69) is 0 Å². The Balaban J connectivity index is 0.000000291. The number of ether oxygens (including phenoxy) is 1. The highest BCUT2D eigenvalue weighted by Crippen LogP contribution is 2.00. The molecule has 3 nitrogen and oxygen atoms in total. The third-order valence-corrected chi connectivity index (χ3v) is 0.889. The van der Waals surface area contributed by atoms with Crippen molar-refractivity contribution in [1.29, 1.82) is 0 Å². The third kappa shape index (κ3) is 4.00. The molecular weight excluding hydrogens is 120 g/mol. The van der Waals surface area contributed by atoms with Crippen molar-refractivity contribution in [2.75, 3.05) is 13.7 Å². The average Bonchev–Trinajstić information content (AvgIpc) is 1.94. The van der Waals surface area contributed by atoms with Crippen molar-refractivity contribution in [2.24, 2.45) is 0 Å². The Morgan fingerprint density at radius 3 is 2.44 bits per heavy atom. The van der Waals surface area contributed by atoms with Crippen molar-refractivity contribution in [3.8, 4) is 0 Å². The highest BCUT2D eigenvalue weighted by molar-refractivity contribution is 4.81. The maximum atomic E-state index is 8.73. The second-order valence-electron chi connectivity index (χ2n) is 1.59. The summed E-state index contributed by atoms with van der Waals surface area (Å²) in [4.78, 5) is 0. The zero-order chi connectivity index (χ0) is 7.11. The largest absolute Gasteiger partial charge is 0.499 e. The fourth-order valence-corrected chi connectivity index (χ4v) is 0.515. The molecule has 1 atom stereocenters. The van der Waals surface area contributed by atoms with E-state index in [9.17, 15) is 0 Å². The van der Waals surface area contributed by atoms with Gasteiger partial charge in [-0.3, -0.25) is 0 Å². The van der Waals surface area contributed by atoms with Gasteiger partial charge in [0.1, 0.15) is 6.61 Å². The van der Waals surface area contributed by atoms with Crippen LogP contribution < -0.4 is 0 Å². The Kier molecular flexibility index (Phi) is 5.26. The van der Waals surface area contributed by atoms with E-state index >= 15 is 0 Å². The van der Waals surface area contributed by atoms with E-state index in [0.29, 0.717) is 6.61 Å². The topological polar surface area (TPSA) is 49.7 Å². The molecule has 0 aliphatic carbocycles. The number of rotatable bonds is 0. The van der Waals surface area contributed by atoms with Crippen LogP contribution in [0.25, 0.3) is 0 Å². The Morgan fingerprint density at radius 2 is 2.22 bits per heavy atom. The van der Waals surface area contributed by atoms with Crippen LogP contribution in [0, 0.1) is 0 Å². The molecule has 0 spiro atoms. The molecule has 0 saturated carbocycles. The molecule has 54 valence electrons. The smallest absolute Gasteiger partial charge is 0.113 e. The number of aliphatic hydroxyl groups is 2. The van der Waals surface area contributed by atoms with Crippen LogP contribution in [-0.2, 0) is 4.74 Å². The Labute approximate surface area is 54.6 Å². The second-order valence-corrected chi connectivity index (χ2v) is 1.59. The van der Waals surface area contributed by atoms with Crippen molar-refractivity contribution in [3.05, 3.63) is 12.3 Å². The Morgan fingerprint density at radius 1 is 1.56 bits per heavy atom. The van der Waals surface area contributed by atoms with Crippen LogP contribution in [-0.4, -0.2) is 30.0 Å². The molecule has 1 rings (SSSR count). The molecule has 1 unspecified atom stereocenters. The molecule has 1 heterocycles. The summed E-state index contributed by atoms with van der Waals surface area (Å²) in [5.74, 6) is 0. The average molecular weight is 132 g/mol. The zero-order valence-corrected chi connectivity index (χ0v) is 5.45. The third-order valence-electron chi connectivity index (χ3n) is 0.889. The lowest BCUT2D eigenvalue weighted by Crippen LogP contribution is -2.14. The normalized spacial score (nSPS) is 23.7. The zero-order valence-electron chi connectivity index (χ0n) is 5.45. The van der Waals surface area contributed by atoms with E-state index in [1.807, 2.05) is 6.08 Å². The lowest BCUT2D eigenvalue weighted by atomic mass is 10.2. The highest BCUT2D eigenvalue weighted by atomic mass is 16.5. The summed E-state index contributed by atoms with van der Waals surface area (Å²) in [7, 11) is 1.00. The summed E-state index contributed by atoms with van der Waals surface area (Å²) in [6, 6.07) is 0. The van der Waals surface area contributed by atoms with Gasteiger partial charge in [0.25, 0.3) is 0 Å². The fourth-order valence-electron chi connectivity index (χ4n) is 0.515. The van der Waals surface area contributed by atoms with E-state index < -0.39 is 0 Å². The summed E-state index contributed by atoms with van der Waals surface area (Å²) in [6.45, 7) is 0.455. The van der Waals surface area contributed by atoms with Gasteiger partial charge in [0.05, 0.1) is 12.4 Å². The maximum Gasteiger partial charge on any atom is 0.113 e. The quantitative estimate of drug-likeness (QED) is 0.483. The molecule has 0 aromatic heterocycles. The monoisotopic (exact) mass is 132 g/mol. The van der Waals surface area contributed by atoms with Crippen LogP contribution in [0.1, 0.15) is 6.42 Å². The van der Waals surface area contributed by atoms with Gasteiger partial charge in [-0.2, -0.15) is 0 Å². The van der Waals surface area contributed by atoms with Gasteiger partial charge in [0, 0.05) is 7.11 Å². The Bertz CT molecular complexity index is 80.4. The summed E-state index contributed by atoms with van der Waals surface area (Å²) in [5.41, 5.74) is 0. The SMILES string of the molecule is CO.OC1CC=COC1. The van der Waals surface area contributed by atoms with Crippen LogP contribution >= 0.6 is 0 Å². The van der Waals surface area contributed by atoms with Crippen LogP contribution in [0.15, 0.2) is 12.3 Å². The predicted molar refractivity (Wildman–Crippen MR) is 33.9 cm³/mol. The molecule has 0 bridgehead atoms. The molecule has 1 aliphatic heterocycles. The van der Waals surface area contributed by atoms with Gasteiger partial charge in [-0.15, -0.1) is 0 Å². The van der Waals surface area contributed by atoms with Crippen LogP contribution in [0.3, 0.4) is 0 Å². The van der Waals surface area contributed by atoms with Crippen molar-refractivity contribution < 1.29 is 14.9 Å². The first-order valence-corrected chi connectivity index (χ1v) is 2.79. The summed E-state index contributed by atoms with van der Waals surface area (Å²) in [5, 5.41) is 15.7. The second kappa shape index (κ2) is 5.59. The minimum Gasteiger partial charge on any atom is -0.499 e. The van der Waals surface area contributed by atoms with Crippen LogP contribution in [0.4, 0.5) is 0 Å². The van der Waals surface area contributed by atoms with Crippen LogP contribution in [0.5, 0.6) is 0 Å². The molecule has 0 amide bonds. The van der Waals surface area contributed by atoms with Crippen molar-refractivity contribution in [3.63, 3.8) is 0 Å². The predicted octanol–water partition coefficient (Wildman–Crippen LogP) is -0.110. The maximum absolute atomic E-state index is 8.73. The first-order valence-electron chi connectivity index (χ1n) is 2.79. The molecule has 2 N–H and O–H groups in total. The molecule has 9 heavy (non-hydrogen) atoms. The first kappa shape index (κ1) is 8.46. The highest BCUT2D eigenvalue weighted by Gasteiger charge is 2.03. The summed E-state index contributed by atoms with van der Waals surface area (Å²) < 4.78 is 4.75. The van der Waals surface area contributed by atoms with E-state index in [-0.39, 0.29) is 6.10 Å². The number of aliphatic hydroxyl groups excluding tert-OH is 2. The van der Waals surface area contributed by atoms with Crippen molar-refractivity contribution in [2.45, 2.75) is 12.5 Å². The molecule has 0 aromatic carbocycles. The molecule has 3 heteroatoms. The minimum atomic E-state index is -0.273. The molecule has 0 saturated heterocycles. The molecule has 1 aliphatic rings. The lowest BCUT2D eigenvalue weighted by molar-refractivity contribution is 0.0731. The molecular formula is C6H12O3.